The van der Waals surface area contributed by atoms with Crippen LogP contribution in [0.25, 0.3) is 56.5 Å². The van der Waals surface area contributed by atoms with Crippen molar-refractivity contribution < 1.29 is 182 Å². The van der Waals surface area contributed by atoms with Gasteiger partial charge in [-0.1, -0.05) is 25.6 Å². The minimum absolute atomic E-state index is 0. The first-order valence-electron chi connectivity index (χ1n) is 18.0. The first-order chi connectivity index (χ1) is 27.8. The minimum Gasteiger partial charge on any atom is -1.00 e. The van der Waals surface area contributed by atoms with Crippen molar-refractivity contribution in [3.05, 3.63) is 101 Å². The van der Waals surface area contributed by atoms with Crippen LogP contribution in [0.4, 0.5) is 0 Å². The first-order valence-corrected chi connectivity index (χ1v) is 19.4. The second-order valence-corrected chi connectivity index (χ2v) is 16.4. The standard InChI is InChI=1S/C22H21N5O4S.C16H17N5O2.CH2O3.CH4.2Cs.H/c1-13-10-11-17(31-13)21-23-19-16(20-25-24-14(2)26(20)21)12-18(22(3,4)28)27(19)32(29,30)15-8-6-5-7-9-15;1-8-5-6-11(23-8)15-19-13-10(7-12(18-13)16(3,4)22)14-17-9(2)20-21(14)15;2-1-4-3;;;;/h5-12,28H,1-4H3;5-7,18,22H,1-4H3;1,3H;1H4;;;/q;;;;2*+1;-1/p-1. The average Bonchev–Trinajstić information content (AvgIpc) is 4.03. The predicted molar refractivity (Wildman–Crippen MR) is 218 cm³/mol. The van der Waals surface area contributed by atoms with Gasteiger partial charge in [0.1, 0.15) is 34.4 Å². The molecule has 0 saturated carbocycles. The van der Waals surface area contributed by atoms with E-state index in [-0.39, 0.29) is 169 Å². The van der Waals surface area contributed by atoms with Gasteiger partial charge in [0, 0.05) is 5.69 Å². The molecule has 0 aliphatic carbocycles. The summed E-state index contributed by atoms with van der Waals surface area (Å²) in [5.74, 6) is 4.72. The number of aromatic nitrogens is 10. The van der Waals surface area contributed by atoms with E-state index in [1.54, 1.807) is 66.1 Å². The number of fused-ring (bicyclic) bond motifs is 6. The molecule has 0 atom stereocenters. The number of aliphatic hydroxyl groups is 2. The van der Waals surface area contributed by atoms with Crippen LogP contribution in [0.5, 0.6) is 0 Å². The molecule has 0 spiro atoms. The van der Waals surface area contributed by atoms with Gasteiger partial charge < -0.3 is 35.6 Å². The number of aryl methyl sites for hydroxylation is 4. The molecule has 22 heteroatoms. The zero-order chi connectivity index (χ0) is 42.6. The summed E-state index contributed by atoms with van der Waals surface area (Å²) in [6.07, 6.45) is 0. The maximum atomic E-state index is 13.7. The van der Waals surface area contributed by atoms with Crippen molar-refractivity contribution in [2.24, 2.45) is 0 Å². The molecule has 9 rings (SSSR count). The third-order valence-electron chi connectivity index (χ3n) is 9.12. The van der Waals surface area contributed by atoms with Crippen LogP contribution in [-0.2, 0) is 30.9 Å². The molecule has 0 unspecified atom stereocenters. The molecule has 3 N–H and O–H groups in total. The Hall–Kier alpha value is -2.64. The second kappa shape index (κ2) is 20.3. The summed E-state index contributed by atoms with van der Waals surface area (Å²) in [5.41, 5.74) is 0.257. The number of hydrogen-bond donors (Lipinski definition) is 3. The van der Waals surface area contributed by atoms with Gasteiger partial charge in [-0.2, -0.15) is 4.52 Å². The topological polar surface area (TPSA) is 257 Å². The van der Waals surface area contributed by atoms with Crippen molar-refractivity contribution in [1.82, 2.24) is 48.1 Å². The van der Waals surface area contributed by atoms with Gasteiger partial charge in [-0.05, 0) is 104 Å². The Morgan fingerprint density at radius 3 is 1.92 bits per heavy atom. The number of hydrogen-bond acceptors (Lipinski definition) is 15. The van der Waals surface area contributed by atoms with Gasteiger partial charge in [-0.3, -0.25) is 9.20 Å². The molecular weight excluding hydrogens is 1060 g/mol. The Labute approximate surface area is 475 Å². The molecule has 9 aromatic rings. The molecule has 0 saturated heterocycles. The van der Waals surface area contributed by atoms with Gasteiger partial charge in [-0.25, -0.2) is 27.3 Å². The number of furan rings is 2. The van der Waals surface area contributed by atoms with Crippen LogP contribution in [0.3, 0.4) is 0 Å². The molecular formula is C40H44Cs2N10O9S. The number of nitrogens with zero attached hydrogens (tertiary/aromatic N) is 9. The molecule has 0 radical (unpaired) electrons. The molecule has 62 heavy (non-hydrogen) atoms. The van der Waals surface area contributed by atoms with Gasteiger partial charge in [0.15, 0.2) is 34.3 Å². The molecule has 316 valence electrons. The van der Waals surface area contributed by atoms with E-state index in [1.165, 1.54) is 26.0 Å². The van der Waals surface area contributed by atoms with Crippen LogP contribution in [-0.4, -0.2) is 73.2 Å². The van der Waals surface area contributed by atoms with E-state index < -0.39 is 21.2 Å². The molecule has 8 aromatic heterocycles. The Morgan fingerprint density at radius 1 is 0.790 bits per heavy atom. The van der Waals surface area contributed by atoms with Crippen LogP contribution < -0.4 is 143 Å². The minimum atomic E-state index is -4.09. The molecule has 8 heterocycles. The molecule has 1 aromatic carbocycles. The first kappa shape index (κ1) is 52.0. The third-order valence-corrected chi connectivity index (χ3v) is 10.8. The fraction of sp³-hybridized carbons (Fsp3) is 0.275. The van der Waals surface area contributed by atoms with E-state index in [9.17, 15) is 18.6 Å². The van der Waals surface area contributed by atoms with Crippen LogP contribution in [0.2, 0.25) is 0 Å². The zero-order valence-corrected chi connectivity index (χ0v) is 48.5. The van der Waals surface area contributed by atoms with Crippen LogP contribution in [0, 0.1) is 27.7 Å². The van der Waals surface area contributed by atoms with E-state index in [4.69, 9.17) is 23.9 Å². The molecule has 19 nitrogen and oxygen atoms in total. The number of aromatic amines is 1. The molecule has 0 aliphatic heterocycles. The Balaban J connectivity index is 0.000000303. The summed E-state index contributed by atoms with van der Waals surface area (Å²) in [4.78, 5) is 28.3. The van der Waals surface area contributed by atoms with Crippen LogP contribution in [0.1, 0.15) is 71.1 Å². The van der Waals surface area contributed by atoms with Gasteiger partial charge in [0.2, 0.25) is 5.82 Å². The summed E-state index contributed by atoms with van der Waals surface area (Å²) < 4.78 is 43.4. The molecule has 0 fully saturated rings. The summed E-state index contributed by atoms with van der Waals surface area (Å²) in [6.45, 7) is 13.6. The van der Waals surface area contributed by atoms with Crippen LogP contribution in [0.15, 0.2) is 80.5 Å². The Kier molecular flexibility index (Phi) is 17.0. The molecule has 0 bridgehead atoms. The number of carbonyl (C=O) groups is 1. The van der Waals surface area contributed by atoms with E-state index in [2.05, 4.69) is 35.1 Å². The van der Waals surface area contributed by atoms with E-state index in [0.29, 0.717) is 68.6 Å². The predicted octanol–water partition coefficient (Wildman–Crippen LogP) is -0.679. The van der Waals surface area contributed by atoms with Crippen molar-refractivity contribution in [2.75, 3.05) is 0 Å². The van der Waals surface area contributed by atoms with Crippen molar-refractivity contribution >= 4 is 49.9 Å². The number of H-pyrrole nitrogens is 1. The fourth-order valence-electron chi connectivity index (χ4n) is 6.42. The maximum absolute atomic E-state index is 13.7. The van der Waals surface area contributed by atoms with Gasteiger partial charge in [0.25, 0.3) is 16.5 Å². The van der Waals surface area contributed by atoms with Crippen molar-refractivity contribution in [2.45, 2.75) is 78.9 Å². The SMILES string of the molecule is C.Cc1ccc(-c2nc3c(cc(C(C)(C)O)n3S(=O)(=O)c3ccccc3)c3nnc(C)n23)o1.Cc1nc2c3cc(C(C)(C)O)[nH]c3nc(-c3ccc(C)o3)n2n1.O=CO[O-].[Cs+].[Cs+].[H-]. The van der Waals surface area contributed by atoms with Gasteiger partial charge in [-0.15, -0.1) is 15.3 Å². The van der Waals surface area contributed by atoms with Crippen molar-refractivity contribution in [3.63, 3.8) is 0 Å². The normalized spacial score (nSPS) is 11.6. The summed E-state index contributed by atoms with van der Waals surface area (Å²) in [5, 5.41) is 43.7. The van der Waals surface area contributed by atoms with Gasteiger partial charge in [0.05, 0.1) is 27.0 Å². The summed E-state index contributed by atoms with van der Waals surface area (Å²) >= 11 is 0. The largest absolute Gasteiger partial charge is 1.00 e. The van der Waals surface area contributed by atoms with Crippen LogP contribution >= 0.6 is 0 Å². The van der Waals surface area contributed by atoms with E-state index in [1.807, 2.05) is 39.0 Å². The van der Waals surface area contributed by atoms with Gasteiger partial charge >= 0.3 is 138 Å². The molecule has 0 aliphatic rings. The average molecular weight is 1110 g/mol. The number of carbonyl (C=O) groups excluding carboxylic acids is 1. The Morgan fingerprint density at radius 2 is 1.39 bits per heavy atom. The van der Waals surface area contributed by atoms with E-state index >= 15 is 0 Å². The summed E-state index contributed by atoms with van der Waals surface area (Å²) in [6, 6.07) is 18.8. The summed E-state index contributed by atoms with van der Waals surface area (Å²) in [7, 11) is -4.09. The second-order valence-electron chi connectivity index (χ2n) is 14.6. The fourth-order valence-corrected chi connectivity index (χ4v) is 8.03. The molecule has 0 amide bonds. The van der Waals surface area contributed by atoms with Crippen molar-refractivity contribution in [3.8, 4) is 23.2 Å². The Bertz CT molecular complexity index is 3120. The number of nitrogens with one attached hydrogen (secondary N) is 1. The zero-order valence-electron chi connectivity index (χ0n) is 36.1. The van der Waals surface area contributed by atoms with Crippen molar-refractivity contribution in [1.29, 1.82) is 0 Å². The third kappa shape index (κ3) is 10.2. The smallest absolute Gasteiger partial charge is 1.00 e. The monoisotopic (exact) mass is 1110 g/mol. The number of benzene rings is 1. The quantitative estimate of drug-likeness (QED) is 0.102. The van der Waals surface area contributed by atoms with E-state index in [0.717, 1.165) is 15.1 Å². The number of rotatable bonds is 7. The maximum Gasteiger partial charge on any atom is 1.00 e.